The number of aromatic nitrogens is 4. The number of nitrogens with zero attached hydrogens (tertiary/aromatic N) is 4. The van der Waals surface area contributed by atoms with Gasteiger partial charge < -0.3 is 10.6 Å². The Hall–Kier alpha value is -2.64. The van der Waals surface area contributed by atoms with Crippen LogP contribution in [0.5, 0.6) is 0 Å². The Morgan fingerprint density at radius 1 is 1.26 bits per heavy atom. The molecule has 1 fully saturated rings. The number of carbonyl (C=O) groups is 1. The van der Waals surface area contributed by atoms with Crippen LogP contribution in [-0.2, 0) is 6.54 Å². The highest BCUT2D eigenvalue weighted by atomic mass is 35.5. The molecule has 142 valence electrons. The number of anilines is 1. The zero-order valence-corrected chi connectivity index (χ0v) is 15.7. The van der Waals surface area contributed by atoms with Crippen molar-refractivity contribution in [2.45, 2.75) is 25.4 Å². The zero-order valence-electron chi connectivity index (χ0n) is 14.9. The van der Waals surface area contributed by atoms with Gasteiger partial charge >= 0.3 is 0 Å². The van der Waals surface area contributed by atoms with E-state index in [1.54, 1.807) is 16.9 Å². The number of hydrogen-bond acceptors (Lipinski definition) is 4. The van der Waals surface area contributed by atoms with Crippen molar-refractivity contribution in [1.29, 1.82) is 0 Å². The fourth-order valence-electron chi connectivity index (χ4n) is 3.20. The van der Waals surface area contributed by atoms with Crippen molar-refractivity contribution in [2.24, 2.45) is 0 Å². The molecule has 2 N–H and O–H groups in total. The van der Waals surface area contributed by atoms with E-state index in [-0.39, 0.29) is 18.3 Å². The molecule has 0 radical (unpaired) electrons. The van der Waals surface area contributed by atoms with Gasteiger partial charge in [-0.15, -0.1) is 12.4 Å². The number of hydrogen-bond donors (Lipinski definition) is 2. The summed E-state index contributed by atoms with van der Waals surface area (Å²) < 4.78 is 3.69. The second-order valence-electron chi connectivity index (χ2n) is 6.55. The number of rotatable bonds is 5. The standard InChI is InChI=1S/C19H22N6O.ClH/c26-19(18-8-10-25(23-18)17-7-4-9-20-12-17)22-16-11-21-24(14-16)13-15-5-2-1-3-6-15;/h1-3,5-6,8,10-11,14,17,20H,4,7,9,12-13H2,(H,22,26);1H. The third-order valence-electron chi connectivity index (χ3n) is 4.56. The molecule has 3 aromatic rings. The second kappa shape index (κ2) is 8.83. The van der Waals surface area contributed by atoms with Crippen LogP contribution >= 0.6 is 12.4 Å². The Bertz CT molecular complexity index is 869. The van der Waals surface area contributed by atoms with Gasteiger partial charge in [-0.2, -0.15) is 10.2 Å². The molecule has 0 aliphatic carbocycles. The Morgan fingerprint density at radius 3 is 2.89 bits per heavy atom. The third-order valence-corrected chi connectivity index (χ3v) is 4.56. The molecule has 1 unspecified atom stereocenters. The molecule has 0 bridgehead atoms. The fourth-order valence-corrected chi connectivity index (χ4v) is 3.20. The lowest BCUT2D eigenvalue weighted by molar-refractivity contribution is 0.102. The van der Waals surface area contributed by atoms with E-state index in [2.05, 4.69) is 20.8 Å². The number of amides is 1. The molecule has 2 aromatic heterocycles. The Balaban J connectivity index is 0.00000210. The normalized spacial score (nSPS) is 16.5. The largest absolute Gasteiger partial charge is 0.318 e. The van der Waals surface area contributed by atoms with Crippen molar-refractivity contribution in [2.75, 3.05) is 18.4 Å². The van der Waals surface area contributed by atoms with Gasteiger partial charge in [-0.3, -0.25) is 14.2 Å². The summed E-state index contributed by atoms with van der Waals surface area (Å²) in [5, 5.41) is 15.0. The predicted octanol–water partition coefficient (Wildman–Crippen LogP) is 2.73. The maximum atomic E-state index is 12.4. The fraction of sp³-hybridized carbons (Fsp3) is 0.316. The van der Waals surface area contributed by atoms with E-state index < -0.39 is 0 Å². The van der Waals surface area contributed by atoms with Gasteiger partial charge in [0.2, 0.25) is 0 Å². The van der Waals surface area contributed by atoms with Crippen molar-refractivity contribution < 1.29 is 4.79 Å². The first-order valence-electron chi connectivity index (χ1n) is 8.91. The summed E-state index contributed by atoms with van der Waals surface area (Å²) in [6.45, 7) is 2.62. The summed E-state index contributed by atoms with van der Waals surface area (Å²) in [5.74, 6) is -0.216. The smallest absolute Gasteiger partial charge is 0.276 e. The van der Waals surface area contributed by atoms with Crippen molar-refractivity contribution in [3.63, 3.8) is 0 Å². The van der Waals surface area contributed by atoms with E-state index >= 15 is 0 Å². The van der Waals surface area contributed by atoms with Crippen LogP contribution in [-0.4, -0.2) is 38.6 Å². The summed E-state index contributed by atoms with van der Waals surface area (Å²) in [6.07, 6.45) is 7.58. The van der Waals surface area contributed by atoms with Crippen LogP contribution in [0.4, 0.5) is 5.69 Å². The van der Waals surface area contributed by atoms with E-state index in [1.165, 1.54) is 0 Å². The van der Waals surface area contributed by atoms with Crippen LogP contribution in [0.3, 0.4) is 0 Å². The molecular weight excluding hydrogens is 364 g/mol. The van der Waals surface area contributed by atoms with Gasteiger partial charge in [-0.05, 0) is 31.0 Å². The average molecular weight is 387 g/mol. The maximum absolute atomic E-state index is 12.4. The number of benzene rings is 1. The number of halogens is 1. The second-order valence-corrected chi connectivity index (χ2v) is 6.55. The molecule has 3 heterocycles. The number of nitrogens with one attached hydrogen (secondary N) is 2. The molecule has 0 spiro atoms. The number of carbonyl (C=O) groups excluding carboxylic acids is 1. The lowest BCUT2D eigenvalue weighted by atomic mass is 10.1. The maximum Gasteiger partial charge on any atom is 0.276 e. The van der Waals surface area contributed by atoms with Gasteiger partial charge in [0.25, 0.3) is 5.91 Å². The Labute approximate surface area is 164 Å². The van der Waals surface area contributed by atoms with Crippen LogP contribution in [0.2, 0.25) is 0 Å². The summed E-state index contributed by atoms with van der Waals surface area (Å²) >= 11 is 0. The minimum Gasteiger partial charge on any atom is -0.318 e. The van der Waals surface area contributed by atoms with Gasteiger partial charge in [0.15, 0.2) is 5.69 Å². The van der Waals surface area contributed by atoms with E-state index in [9.17, 15) is 4.79 Å². The van der Waals surface area contributed by atoms with Crippen molar-refractivity contribution in [1.82, 2.24) is 24.9 Å². The van der Waals surface area contributed by atoms with E-state index in [0.29, 0.717) is 24.0 Å². The van der Waals surface area contributed by atoms with Crippen LogP contribution in [0.25, 0.3) is 0 Å². The molecule has 1 atom stereocenters. The predicted molar refractivity (Wildman–Crippen MR) is 106 cm³/mol. The number of piperidine rings is 1. The Morgan fingerprint density at radius 2 is 2.11 bits per heavy atom. The monoisotopic (exact) mass is 386 g/mol. The van der Waals surface area contributed by atoms with Gasteiger partial charge in [0, 0.05) is 18.9 Å². The first-order valence-corrected chi connectivity index (χ1v) is 8.91. The molecule has 1 aliphatic rings. The topological polar surface area (TPSA) is 76.8 Å². The molecule has 7 nitrogen and oxygen atoms in total. The lowest BCUT2D eigenvalue weighted by Crippen LogP contribution is -2.32. The van der Waals surface area contributed by atoms with E-state index in [0.717, 1.165) is 31.5 Å². The SMILES string of the molecule is Cl.O=C(Nc1cnn(Cc2ccccc2)c1)c1ccn(C2CCCNC2)n1. The molecule has 1 aromatic carbocycles. The van der Waals surface area contributed by atoms with Gasteiger partial charge in [-0.1, -0.05) is 30.3 Å². The van der Waals surface area contributed by atoms with Crippen LogP contribution in [0.15, 0.2) is 55.0 Å². The zero-order chi connectivity index (χ0) is 17.8. The van der Waals surface area contributed by atoms with Gasteiger partial charge in [0.1, 0.15) is 0 Å². The molecule has 1 saturated heterocycles. The van der Waals surface area contributed by atoms with Crippen molar-refractivity contribution in [3.8, 4) is 0 Å². The average Bonchev–Trinajstić information content (AvgIpc) is 3.33. The first kappa shape index (κ1) is 19.1. The third kappa shape index (κ3) is 4.75. The quantitative estimate of drug-likeness (QED) is 0.706. The minimum absolute atomic E-state index is 0. The van der Waals surface area contributed by atoms with Crippen molar-refractivity contribution >= 4 is 24.0 Å². The molecule has 8 heteroatoms. The summed E-state index contributed by atoms with van der Waals surface area (Å²) in [5.41, 5.74) is 2.25. The Kier molecular flexibility index (Phi) is 6.26. The van der Waals surface area contributed by atoms with E-state index in [4.69, 9.17) is 0 Å². The highest BCUT2D eigenvalue weighted by molar-refractivity contribution is 6.02. The van der Waals surface area contributed by atoms with Crippen LogP contribution in [0, 0.1) is 0 Å². The first-order chi connectivity index (χ1) is 12.8. The highest BCUT2D eigenvalue weighted by Gasteiger charge is 2.18. The van der Waals surface area contributed by atoms with E-state index in [1.807, 2.05) is 47.4 Å². The van der Waals surface area contributed by atoms with Gasteiger partial charge in [0.05, 0.1) is 24.5 Å². The molecule has 1 aliphatic heterocycles. The summed E-state index contributed by atoms with van der Waals surface area (Å²) in [7, 11) is 0. The summed E-state index contributed by atoms with van der Waals surface area (Å²) in [4.78, 5) is 12.4. The molecule has 4 rings (SSSR count). The lowest BCUT2D eigenvalue weighted by Gasteiger charge is -2.22. The minimum atomic E-state index is -0.216. The van der Waals surface area contributed by atoms with Crippen LogP contribution < -0.4 is 10.6 Å². The van der Waals surface area contributed by atoms with Gasteiger partial charge in [-0.25, -0.2) is 0 Å². The van der Waals surface area contributed by atoms with Crippen LogP contribution in [0.1, 0.15) is 34.9 Å². The summed E-state index contributed by atoms with van der Waals surface area (Å²) in [6, 6.07) is 12.2. The molecule has 27 heavy (non-hydrogen) atoms. The highest BCUT2D eigenvalue weighted by Crippen LogP contribution is 2.16. The molecule has 1 amide bonds. The molecule has 0 saturated carbocycles. The van der Waals surface area contributed by atoms with Crippen molar-refractivity contribution in [3.05, 3.63) is 66.2 Å². The molecular formula is C19H23ClN6O.